The number of hydrogen-bond acceptors (Lipinski definition) is 8. The Morgan fingerprint density at radius 1 is 1.52 bits per heavy atom. The molecule has 0 unspecified atom stereocenters. The van der Waals surface area contributed by atoms with Gasteiger partial charge in [0.2, 0.25) is 0 Å². The zero-order valence-corrected chi connectivity index (χ0v) is 14.5. The molecule has 0 radical (unpaired) electrons. The van der Waals surface area contributed by atoms with E-state index in [0.29, 0.717) is 28.5 Å². The summed E-state index contributed by atoms with van der Waals surface area (Å²) in [6.45, 7) is 0.669. The fourth-order valence-electron chi connectivity index (χ4n) is 2.79. The summed E-state index contributed by atoms with van der Waals surface area (Å²) in [6.07, 6.45) is 0.551. The number of rotatable bonds is 7. The predicted octanol–water partition coefficient (Wildman–Crippen LogP) is -0.287. The van der Waals surface area contributed by atoms with Gasteiger partial charge >= 0.3 is 16.4 Å². The fraction of sp³-hybridized carbons (Fsp3) is 0.500. The average Bonchev–Trinajstić information content (AvgIpc) is 3.11. The van der Waals surface area contributed by atoms with Crippen LogP contribution < -0.4 is 11.2 Å². The standard InChI is InChI=1S/C12H16N4O7S2/c13-3-1-4-22-14-11(17)9-10-7(2-5-24-10)8-6-15(9)12(18)16(8)23-25(19,20)21/h2,5,8-9H,1,3-4,6,13H2,(H,14,17)(H,19,20,21)/t8-,9-/m0/s1. The van der Waals surface area contributed by atoms with Crippen molar-refractivity contribution in [3.63, 3.8) is 0 Å². The van der Waals surface area contributed by atoms with Gasteiger partial charge in [0.05, 0.1) is 13.2 Å². The molecule has 1 saturated heterocycles. The molecule has 2 aliphatic heterocycles. The SMILES string of the molecule is NCCCONC(=O)[C@@H]1c2sccc2[C@@H]2CN1C(=O)N2OS(=O)(=O)O. The molecule has 0 aliphatic carbocycles. The highest BCUT2D eigenvalue weighted by atomic mass is 32.3. The topological polar surface area (TPSA) is 151 Å². The first kappa shape index (κ1) is 18.0. The van der Waals surface area contributed by atoms with E-state index in [9.17, 15) is 18.0 Å². The minimum Gasteiger partial charge on any atom is -0.330 e. The Bertz CT molecular complexity index is 780. The summed E-state index contributed by atoms with van der Waals surface area (Å²) in [5, 5.41) is 2.28. The third-order valence-corrected chi connectivity index (χ3v) is 5.11. The summed E-state index contributed by atoms with van der Waals surface area (Å²) in [5.41, 5.74) is 8.19. The van der Waals surface area contributed by atoms with Crippen molar-refractivity contribution in [3.8, 4) is 0 Å². The van der Waals surface area contributed by atoms with Crippen molar-refractivity contribution in [2.45, 2.75) is 18.5 Å². The van der Waals surface area contributed by atoms with Crippen LogP contribution in [0.15, 0.2) is 11.4 Å². The summed E-state index contributed by atoms with van der Waals surface area (Å²) < 4.78 is 35.3. The van der Waals surface area contributed by atoms with Crippen molar-refractivity contribution in [3.05, 3.63) is 21.9 Å². The normalized spacial score (nSPS) is 22.2. The Morgan fingerprint density at radius 3 is 2.96 bits per heavy atom. The summed E-state index contributed by atoms with van der Waals surface area (Å²) in [5.74, 6) is -0.568. The van der Waals surface area contributed by atoms with E-state index in [0.717, 1.165) is 4.90 Å². The lowest BCUT2D eigenvalue weighted by Crippen LogP contribution is -2.43. The number of urea groups is 1. The molecule has 11 nitrogen and oxygen atoms in total. The molecule has 2 atom stereocenters. The number of nitrogens with one attached hydrogen (secondary N) is 1. The van der Waals surface area contributed by atoms with E-state index in [1.54, 1.807) is 11.4 Å². The molecule has 25 heavy (non-hydrogen) atoms. The minimum absolute atomic E-state index is 0.0406. The van der Waals surface area contributed by atoms with Crippen LogP contribution >= 0.6 is 11.3 Å². The molecule has 0 aromatic carbocycles. The molecular formula is C12H16N4O7S2. The Hall–Kier alpha value is -1.77. The Labute approximate surface area is 147 Å². The van der Waals surface area contributed by atoms with Crippen molar-refractivity contribution in [1.82, 2.24) is 15.4 Å². The van der Waals surface area contributed by atoms with Crippen LogP contribution in [-0.2, 0) is 24.3 Å². The number of carbonyl (C=O) groups is 2. The molecular weight excluding hydrogens is 376 g/mol. The van der Waals surface area contributed by atoms with Crippen molar-refractivity contribution in [2.75, 3.05) is 19.7 Å². The second-order valence-electron chi connectivity index (χ2n) is 5.38. The minimum atomic E-state index is -4.88. The Morgan fingerprint density at radius 2 is 2.28 bits per heavy atom. The highest BCUT2D eigenvalue weighted by Gasteiger charge is 2.52. The van der Waals surface area contributed by atoms with Crippen LogP contribution in [0.4, 0.5) is 4.79 Å². The number of nitrogens with two attached hydrogens (primary N) is 1. The molecule has 3 amide bonds. The van der Waals surface area contributed by atoms with Crippen molar-refractivity contribution >= 4 is 33.7 Å². The van der Waals surface area contributed by atoms with Gasteiger partial charge in [0, 0.05) is 4.88 Å². The molecule has 3 rings (SSSR count). The maximum Gasteiger partial charge on any atom is 0.418 e. The van der Waals surface area contributed by atoms with Gasteiger partial charge in [-0.3, -0.25) is 14.2 Å². The molecule has 2 bridgehead atoms. The van der Waals surface area contributed by atoms with Crippen LogP contribution in [0.2, 0.25) is 0 Å². The van der Waals surface area contributed by atoms with E-state index >= 15 is 0 Å². The predicted molar refractivity (Wildman–Crippen MR) is 84.1 cm³/mol. The molecule has 1 aromatic rings. The summed E-state index contributed by atoms with van der Waals surface area (Å²) in [6, 6.07) is -0.881. The van der Waals surface area contributed by atoms with Crippen molar-refractivity contribution in [1.29, 1.82) is 0 Å². The fourth-order valence-corrected chi connectivity index (χ4v) is 4.22. The second-order valence-corrected chi connectivity index (χ2v) is 7.33. The maximum atomic E-state index is 12.5. The van der Waals surface area contributed by atoms with E-state index < -0.39 is 34.4 Å². The van der Waals surface area contributed by atoms with E-state index in [2.05, 4.69) is 9.76 Å². The van der Waals surface area contributed by atoms with Crippen LogP contribution in [-0.4, -0.2) is 54.6 Å². The quantitative estimate of drug-likeness (QED) is 0.325. The van der Waals surface area contributed by atoms with E-state index in [1.807, 2.05) is 0 Å². The smallest absolute Gasteiger partial charge is 0.330 e. The van der Waals surface area contributed by atoms with Crippen molar-refractivity contribution in [2.24, 2.45) is 5.73 Å². The van der Waals surface area contributed by atoms with E-state index in [4.69, 9.17) is 15.1 Å². The molecule has 1 aromatic heterocycles. The van der Waals surface area contributed by atoms with Crippen LogP contribution in [0.3, 0.4) is 0 Å². The van der Waals surface area contributed by atoms with Gasteiger partial charge in [-0.25, -0.2) is 10.3 Å². The monoisotopic (exact) mass is 392 g/mol. The third-order valence-electron chi connectivity index (χ3n) is 3.78. The maximum absolute atomic E-state index is 12.5. The highest BCUT2D eigenvalue weighted by Crippen LogP contribution is 2.46. The van der Waals surface area contributed by atoms with Gasteiger partial charge in [-0.2, -0.15) is 13.5 Å². The van der Waals surface area contributed by atoms with Gasteiger partial charge in [-0.1, -0.05) is 0 Å². The van der Waals surface area contributed by atoms with Crippen LogP contribution in [0.1, 0.15) is 28.9 Å². The van der Waals surface area contributed by atoms with Crippen LogP contribution in [0.5, 0.6) is 0 Å². The zero-order valence-electron chi connectivity index (χ0n) is 12.8. The first-order chi connectivity index (χ1) is 11.8. The molecule has 2 aliphatic rings. The second kappa shape index (κ2) is 6.86. The Balaban J connectivity index is 1.84. The molecule has 3 heterocycles. The van der Waals surface area contributed by atoms with Gasteiger partial charge in [0.15, 0.2) is 0 Å². The van der Waals surface area contributed by atoms with Gasteiger partial charge in [-0.15, -0.1) is 15.6 Å². The molecule has 4 N–H and O–H groups in total. The molecule has 138 valence electrons. The van der Waals surface area contributed by atoms with E-state index in [1.165, 1.54) is 11.3 Å². The largest absolute Gasteiger partial charge is 0.418 e. The molecule has 0 spiro atoms. The third kappa shape index (κ3) is 3.47. The van der Waals surface area contributed by atoms with Gasteiger partial charge in [-0.05, 0) is 30.0 Å². The lowest BCUT2D eigenvalue weighted by atomic mass is 9.99. The number of hydrogen-bond donors (Lipinski definition) is 3. The first-order valence-corrected chi connectivity index (χ1v) is 9.54. The zero-order chi connectivity index (χ0) is 18.2. The van der Waals surface area contributed by atoms with Crippen molar-refractivity contribution < 1.29 is 31.7 Å². The number of fused-ring (bicyclic) bond motifs is 4. The summed E-state index contributed by atoms with van der Waals surface area (Å²) >= 11 is 1.25. The number of hydroxylamine groups is 3. The number of amides is 3. The lowest BCUT2D eigenvalue weighted by Gasteiger charge is -2.29. The highest BCUT2D eigenvalue weighted by molar-refractivity contribution is 7.80. The number of thiophene rings is 1. The summed E-state index contributed by atoms with van der Waals surface area (Å²) in [7, 11) is -4.88. The van der Waals surface area contributed by atoms with Crippen LogP contribution in [0.25, 0.3) is 0 Å². The Kier molecular flexibility index (Phi) is 4.95. The average molecular weight is 392 g/mol. The number of carbonyl (C=O) groups excluding carboxylic acids is 2. The molecule has 1 fully saturated rings. The lowest BCUT2D eigenvalue weighted by molar-refractivity contribution is -0.138. The van der Waals surface area contributed by atoms with Crippen LogP contribution in [0, 0.1) is 0 Å². The number of nitrogens with zero attached hydrogens (tertiary/aromatic N) is 2. The van der Waals surface area contributed by atoms with Gasteiger partial charge < -0.3 is 10.6 Å². The summed E-state index contributed by atoms with van der Waals surface area (Å²) in [4.78, 5) is 31.7. The first-order valence-electron chi connectivity index (χ1n) is 7.29. The molecule has 0 saturated carbocycles. The molecule has 13 heteroatoms. The van der Waals surface area contributed by atoms with Gasteiger partial charge in [0.1, 0.15) is 12.1 Å². The van der Waals surface area contributed by atoms with E-state index in [-0.39, 0.29) is 13.2 Å². The van der Waals surface area contributed by atoms with Gasteiger partial charge in [0.25, 0.3) is 5.91 Å².